The number of anilines is 2. The van der Waals surface area contributed by atoms with E-state index in [-0.39, 0.29) is 11.9 Å². The molecule has 3 rings (SSSR count). The Hall–Kier alpha value is -3.22. The third kappa shape index (κ3) is 6.15. The first kappa shape index (κ1) is 23.4. The molecule has 0 aromatic heterocycles. The molecule has 3 amide bonds. The van der Waals surface area contributed by atoms with E-state index >= 15 is 0 Å². The summed E-state index contributed by atoms with van der Waals surface area (Å²) in [6.45, 7) is 0.775. The number of nitrogens with one attached hydrogen (secondary N) is 2. The minimum atomic E-state index is -0.295. The number of benzene rings is 3. The zero-order valence-corrected chi connectivity index (χ0v) is 19.0. The predicted octanol–water partition coefficient (Wildman–Crippen LogP) is 5.86. The molecule has 2 N–H and O–H groups in total. The molecule has 0 heterocycles. The third-order valence-corrected chi connectivity index (χ3v) is 5.43. The van der Waals surface area contributed by atoms with Crippen molar-refractivity contribution in [2.75, 3.05) is 30.4 Å². The predicted molar refractivity (Wildman–Crippen MR) is 129 cm³/mol. The van der Waals surface area contributed by atoms with Gasteiger partial charge in [0.05, 0.1) is 22.8 Å². The molecule has 0 aliphatic heterocycles. The van der Waals surface area contributed by atoms with Gasteiger partial charge in [-0.3, -0.25) is 9.69 Å². The van der Waals surface area contributed by atoms with Gasteiger partial charge in [0.15, 0.2) is 0 Å². The topological polar surface area (TPSA) is 70.7 Å². The fourth-order valence-corrected chi connectivity index (χ4v) is 3.36. The summed E-state index contributed by atoms with van der Waals surface area (Å²) >= 11 is 11.9. The average molecular weight is 472 g/mol. The smallest absolute Gasteiger partial charge is 0.326 e. The summed E-state index contributed by atoms with van der Waals surface area (Å²) in [5, 5.41) is 6.45. The Morgan fingerprint density at radius 2 is 1.66 bits per heavy atom. The number of carbonyl (C=O) groups excluding carboxylic acids is 2. The van der Waals surface area contributed by atoms with Crippen LogP contribution in [-0.4, -0.2) is 32.1 Å². The quantitative estimate of drug-likeness (QED) is 0.404. The van der Waals surface area contributed by atoms with Crippen LogP contribution in [0.1, 0.15) is 16.8 Å². The van der Waals surface area contributed by atoms with Gasteiger partial charge in [-0.25, -0.2) is 4.79 Å². The van der Waals surface area contributed by atoms with Crippen LogP contribution in [0, 0.1) is 0 Å². The van der Waals surface area contributed by atoms with Crippen molar-refractivity contribution in [3.63, 3.8) is 0 Å². The fourth-order valence-electron chi connectivity index (χ4n) is 3.06. The van der Waals surface area contributed by atoms with E-state index in [0.29, 0.717) is 46.6 Å². The summed E-state index contributed by atoms with van der Waals surface area (Å²) < 4.78 is 5.32. The molecule has 0 bridgehead atoms. The number of amides is 3. The van der Waals surface area contributed by atoms with Gasteiger partial charge in [0, 0.05) is 24.3 Å². The van der Waals surface area contributed by atoms with Crippen molar-refractivity contribution < 1.29 is 14.3 Å². The highest BCUT2D eigenvalue weighted by molar-refractivity contribution is 6.42. The Labute approximate surface area is 197 Å². The van der Waals surface area contributed by atoms with Gasteiger partial charge in [-0.15, -0.1) is 0 Å². The summed E-state index contributed by atoms with van der Waals surface area (Å²) in [4.78, 5) is 27.0. The lowest BCUT2D eigenvalue weighted by molar-refractivity contribution is 0.0953. The van der Waals surface area contributed by atoms with Crippen molar-refractivity contribution in [3.8, 4) is 5.75 Å². The van der Waals surface area contributed by atoms with Gasteiger partial charge in [-0.05, 0) is 48.9 Å². The summed E-state index contributed by atoms with van der Waals surface area (Å²) in [5.41, 5.74) is 1.75. The lowest BCUT2D eigenvalue weighted by Crippen LogP contribution is -2.37. The molecule has 166 valence electrons. The molecule has 3 aromatic carbocycles. The Kier molecular flexibility index (Phi) is 8.36. The number of nitrogens with zero attached hydrogens (tertiary/aromatic N) is 1. The van der Waals surface area contributed by atoms with Crippen LogP contribution in [0.3, 0.4) is 0 Å². The fraction of sp³-hybridized carbons (Fsp3) is 0.167. The van der Waals surface area contributed by atoms with Crippen molar-refractivity contribution >= 4 is 46.5 Å². The largest absolute Gasteiger partial charge is 0.495 e. The first-order valence-corrected chi connectivity index (χ1v) is 10.7. The molecule has 8 heteroatoms. The maximum Gasteiger partial charge on any atom is 0.326 e. The van der Waals surface area contributed by atoms with E-state index < -0.39 is 0 Å². The monoisotopic (exact) mass is 471 g/mol. The van der Waals surface area contributed by atoms with Crippen molar-refractivity contribution in [2.24, 2.45) is 0 Å². The maximum absolute atomic E-state index is 13.0. The Morgan fingerprint density at radius 3 is 2.38 bits per heavy atom. The number of hydrogen-bond acceptors (Lipinski definition) is 3. The number of rotatable bonds is 8. The third-order valence-electron chi connectivity index (χ3n) is 4.69. The molecular formula is C24H23Cl2N3O3. The second-order valence-electron chi connectivity index (χ2n) is 6.86. The molecule has 3 aromatic rings. The maximum atomic E-state index is 13.0. The van der Waals surface area contributed by atoms with Gasteiger partial charge in [0.1, 0.15) is 5.75 Å². The lowest BCUT2D eigenvalue weighted by atomic mass is 10.2. The molecule has 0 saturated carbocycles. The van der Waals surface area contributed by atoms with E-state index in [1.165, 1.54) is 6.07 Å². The van der Waals surface area contributed by atoms with Crippen LogP contribution in [0.5, 0.6) is 5.75 Å². The summed E-state index contributed by atoms with van der Waals surface area (Å²) in [7, 11) is 1.55. The van der Waals surface area contributed by atoms with Gasteiger partial charge in [-0.2, -0.15) is 0 Å². The van der Waals surface area contributed by atoms with E-state index in [2.05, 4.69) is 10.6 Å². The molecule has 0 radical (unpaired) electrons. The van der Waals surface area contributed by atoms with Crippen molar-refractivity contribution in [1.82, 2.24) is 5.32 Å². The zero-order valence-electron chi connectivity index (χ0n) is 17.5. The number of para-hydroxylation sites is 3. The van der Waals surface area contributed by atoms with Crippen molar-refractivity contribution in [1.29, 1.82) is 0 Å². The second-order valence-corrected chi connectivity index (χ2v) is 7.67. The van der Waals surface area contributed by atoms with Crippen LogP contribution in [0.15, 0.2) is 72.8 Å². The van der Waals surface area contributed by atoms with Crippen LogP contribution >= 0.6 is 23.2 Å². The molecule has 0 aliphatic carbocycles. The second kappa shape index (κ2) is 11.4. The molecule has 0 saturated heterocycles. The van der Waals surface area contributed by atoms with Crippen LogP contribution in [0.2, 0.25) is 10.0 Å². The van der Waals surface area contributed by atoms with E-state index in [1.807, 2.05) is 42.5 Å². The molecule has 0 atom stereocenters. The number of hydrogen-bond donors (Lipinski definition) is 2. The highest BCUT2D eigenvalue weighted by Gasteiger charge is 2.17. The number of methoxy groups -OCH3 is 1. The highest BCUT2D eigenvalue weighted by atomic mass is 35.5. The van der Waals surface area contributed by atoms with Crippen LogP contribution < -0.4 is 20.3 Å². The van der Waals surface area contributed by atoms with Gasteiger partial charge < -0.3 is 15.4 Å². The van der Waals surface area contributed by atoms with Crippen LogP contribution in [0.25, 0.3) is 0 Å². The first-order chi connectivity index (χ1) is 15.5. The van der Waals surface area contributed by atoms with Crippen LogP contribution in [-0.2, 0) is 0 Å². The lowest BCUT2D eigenvalue weighted by Gasteiger charge is -2.24. The van der Waals surface area contributed by atoms with Gasteiger partial charge in [-0.1, -0.05) is 53.5 Å². The Morgan fingerprint density at radius 1 is 0.938 bits per heavy atom. The van der Waals surface area contributed by atoms with Gasteiger partial charge >= 0.3 is 6.03 Å². The van der Waals surface area contributed by atoms with E-state index in [4.69, 9.17) is 27.9 Å². The van der Waals surface area contributed by atoms with Gasteiger partial charge in [0.25, 0.3) is 5.91 Å². The SMILES string of the molecule is COc1ccccc1NC(=O)N(CCCNC(=O)c1ccc(Cl)c(Cl)c1)c1ccccc1. The average Bonchev–Trinajstić information content (AvgIpc) is 2.81. The summed E-state index contributed by atoms with van der Waals surface area (Å²) in [6.07, 6.45) is 0.543. The Bertz CT molecular complexity index is 1080. The summed E-state index contributed by atoms with van der Waals surface area (Å²) in [5.74, 6) is 0.316. The van der Waals surface area contributed by atoms with E-state index in [0.717, 1.165) is 5.69 Å². The molecule has 6 nitrogen and oxygen atoms in total. The standard InChI is InChI=1S/C24H23Cl2N3O3/c1-32-22-11-6-5-10-21(22)28-24(31)29(18-8-3-2-4-9-18)15-7-14-27-23(30)17-12-13-19(25)20(26)16-17/h2-6,8-13,16H,7,14-15H2,1H3,(H,27,30)(H,28,31). The number of carbonyl (C=O) groups is 2. The first-order valence-electron chi connectivity index (χ1n) is 9.99. The number of urea groups is 1. The van der Waals surface area contributed by atoms with Crippen molar-refractivity contribution in [3.05, 3.63) is 88.4 Å². The number of ether oxygens (including phenoxy) is 1. The molecular weight excluding hydrogens is 449 g/mol. The van der Waals surface area contributed by atoms with Crippen LogP contribution in [0.4, 0.5) is 16.2 Å². The molecule has 0 fully saturated rings. The summed E-state index contributed by atoms with van der Waals surface area (Å²) in [6, 6.07) is 21.0. The van der Waals surface area contributed by atoms with E-state index in [1.54, 1.807) is 36.3 Å². The molecule has 0 aliphatic rings. The zero-order chi connectivity index (χ0) is 22.9. The highest BCUT2D eigenvalue weighted by Crippen LogP contribution is 2.25. The van der Waals surface area contributed by atoms with Gasteiger partial charge in [0.2, 0.25) is 0 Å². The van der Waals surface area contributed by atoms with E-state index in [9.17, 15) is 9.59 Å². The number of halogens is 2. The molecule has 0 unspecified atom stereocenters. The molecule has 32 heavy (non-hydrogen) atoms. The van der Waals surface area contributed by atoms with Crippen molar-refractivity contribution in [2.45, 2.75) is 6.42 Å². The minimum absolute atomic E-state index is 0.256. The molecule has 0 spiro atoms. The minimum Gasteiger partial charge on any atom is -0.495 e. The Balaban J connectivity index is 1.63. The normalized spacial score (nSPS) is 10.3.